The van der Waals surface area contributed by atoms with E-state index in [-0.39, 0.29) is 11.4 Å². The Bertz CT molecular complexity index is 398. The Morgan fingerprint density at radius 2 is 1.75 bits per heavy atom. The summed E-state index contributed by atoms with van der Waals surface area (Å²) in [6.45, 7) is 7.57. The molecule has 1 atom stereocenters. The van der Waals surface area contributed by atoms with E-state index in [1.54, 1.807) is 12.1 Å². The van der Waals surface area contributed by atoms with Crippen molar-refractivity contribution in [3.05, 3.63) is 35.6 Å². The zero-order chi connectivity index (χ0) is 14.6. The van der Waals surface area contributed by atoms with Gasteiger partial charge in [0.2, 0.25) is 0 Å². The number of rotatable bonds is 5. The summed E-state index contributed by atoms with van der Waals surface area (Å²) in [6.07, 6.45) is 6.73. The molecule has 0 saturated heterocycles. The summed E-state index contributed by atoms with van der Waals surface area (Å²) >= 11 is 0. The monoisotopic (exact) mass is 277 g/mol. The summed E-state index contributed by atoms with van der Waals surface area (Å²) in [5.74, 6) is 1.21. The van der Waals surface area contributed by atoms with E-state index in [9.17, 15) is 4.39 Å². The van der Waals surface area contributed by atoms with Crippen LogP contribution in [0.15, 0.2) is 24.3 Å². The molecule has 1 saturated carbocycles. The quantitative estimate of drug-likeness (QED) is 0.809. The van der Waals surface area contributed by atoms with Crippen molar-refractivity contribution in [1.82, 2.24) is 5.32 Å². The first kappa shape index (κ1) is 15.5. The SMILES string of the molecule is CC(C)(C)NCC(CC1CCCC1)c1ccc(F)cc1. The molecular weight excluding hydrogens is 249 g/mol. The molecule has 0 heterocycles. The maximum atomic E-state index is 13.1. The Hall–Kier alpha value is -0.890. The Morgan fingerprint density at radius 1 is 1.15 bits per heavy atom. The minimum Gasteiger partial charge on any atom is -0.311 e. The average Bonchev–Trinajstić information content (AvgIpc) is 2.87. The highest BCUT2D eigenvalue weighted by molar-refractivity contribution is 5.21. The van der Waals surface area contributed by atoms with E-state index in [1.165, 1.54) is 37.7 Å². The van der Waals surface area contributed by atoms with Gasteiger partial charge < -0.3 is 5.32 Å². The predicted molar refractivity (Wildman–Crippen MR) is 83.5 cm³/mol. The molecule has 1 unspecified atom stereocenters. The first-order valence-electron chi connectivity index (χ1n) is 7.94. The molecule has 0 spiro atoms. The van der Waals surface area contributed by atoms with Crippen molar-refractivity contribution in [2.75, 3.05) is 6.54 Å². The lowest BCUT2D eigenvalue weighted by Crippen LogP contribution is -2.38. The number of benzene rings is 1. The largest absolute Gasteiger partial charge is 0.311 e. The molecule has 1 N–H and O–H groups in total. The molecular formula is C18H28FN. The Morgan fingerprint density at radius 3 is 2.30 bits per heavy atom. The van der Waals surface area contributed by atoms with Gasteiger partial charge in [0.25, 0.3) is 0 Å². The molecule has 20 heavy (non-hydrogen) atoms. The van der Waals surface area contributed by atoms with Crippen LogP contribution in [0.2, 0.25) is 0 Å². The predicted octanol–water partition coefficient (Wildman–Crippen LogP) is 4.88. The van der Waals surface area contributed by atoms with Crippen molar-refractivity contribution < 1.29 is 4.39 Å². The molecule has 112 valence electrons. The summed E-state index contributed by atoms with van der Waals surface area (Å²) in [5, 5.41) is 3.62. The lowest BCUT2D eigenvalue weighted by atomic mass is 9.87. The van der Waals surface area contributed by atoms with Crippen molar-refractivity contribution in [2.45, 2.75) is 64.3 Å². The van der Waals surface area contributed by atoms with Crippen LogP contribution in [0.25, 0.3) is 0 Å². The summed E-state index contributed by atoms with van der Waals surface area (Å²) in [7, 11) is 0. The second-order valence-electron chi connectivity index (χ2n) is 7.27. The molecule has 0 bridgehead atoms. The van der Waals surface area contributed by atoms with Crippen molar-refractivity contribution in [2.24, 2.45) is 5.92 Å². The van der Waals surface area contributed by atoms with Crippen LogP contribution in [0.4, 0.5) is 4.39 Å². The van der Waals surface area contributed by atoms with Gasteiger partial charge in [-0.2, -0.15) is 0 Å². The number of nitrogens with one attached hydrogen (secondary N) is 1. The van der Waals surface area contributed by atoms with Gasteiger partial charge in [-0.05, 0) is 56.7 Å². The normalized spacial score (nSPS) is 18.4. The topological polar surface area (TPSA) is 12.0 Å². The fourth-order valence-corrected chi connectivity index (χ4v) is 3.15. The zero-order valence-corrected chi connectivity index (χ0v) is 13.1. The molecule has 0 amide bonds. The number of hydrogen-bond donors (Lipinski definition) is 1. The van der Waals surface area contributed by atoms with Crippen LogP contribution in [0, 0.1) is 11.7 Å². The second kappa shape index (κ2) is 6.71. The van der Waals surface area contributed by atoms with Crippen molar-refractivity contribution in [3.63, 3.8) is 0 Å². The standard InChI is InChI=1S/C18H28FN/c1-18(2,3)20-13-16(12-14-6-4-5-7-14)15-8-10-17(19)11-9-15/h8-11,14,16,20H,4-7,12-13H2,1-3H3. The van der Waals surface area contributed by atoms with E-state index in [4.69, 9.17) is 0 Å². The molecule has 1 fully saturated rings. The zero-order valence-electron chi connectivity index (χ0n) is 13.1. The molecule has 1 aromatic rings. The van der Waals surface area contributed by atoms with E-state index >= 15 is 0 Å². The van der Waals surface area contributed by atoms with Gasteiger partial charge in [-0.15, -0.1) is 0 Å². The fourth-order valence-electron chi connectivity index (χ4n) is 3.15. The van der Waals surface area contributed by atoms with Crippen LogP contribution in [-0.4, -0.2) is 12.1 Å². The van der Waals surface area contributed by atoms with Crippen LogP contribution in [0.3, 0.4) is 0 Å². The Kier molecular flexibility index (Phi) is 5.20. The molecule has 1 aliphatic rings. The third-order valence-electron chi connectivity index (χ3n) is 4.31. The van der Waals surface area contributed by atoms with Gasteiger partial charge in [-0.25, -0.2) is 4.39 Å². The van der Waals surface area contributed by atoms with E-state index < -0.39 is 0 Å². The van der Waals surface area contributed by atoms with E-state index in [0.717, 1.165) is 12.5 Å². The van der Waals surface area contributed by atoms with Gasteiger partial charge in [0.05, 0.1) is 0 Å². The van der Waals surface area contributed by atoms with Gasteiger partial charge in [0, 0.05) is 12.1 Å². The van der Waals surface area contributed by atoms with Crippen LogP contribution in [0.5, 0.6) is 0 Å². The first-order chi connectivity index (χ1) is 9.44. The lowest BCUT2D eigenvalue weighted by molar-refractivity contribution is 0.368. The minimum atomic E-state index is -0.142. The first-order valence-corrected chi connectivity index (χ1v) is 7.94. The highest BCUT2D eigenvalue weighted by atomic mass is 19.1. The molecule has 0 aliphatic heterocycles. The van der Waals surface area contributed by atoms with Crippen molar-refractivity contribution in [1.29, 1.82) is 0 Å². The van der Waals surface area contributed by atoms with Gasteiger partial charge >= 0.3 is 0 Å². The molecule has 1 aliphatic carbocycles. The number of hydrogen-bond acceptors (Lipinski definition) is 1. The van der Waals surface area contributed by atoms with Gasteiger partial charge in [-0.3, -0.25) is 0 Å². The van der Waals surface area contributed by atoms with Crippen LogP contribution in [0.1, 0.15) is 64.4 Å². The maximum Gasteiger partial charge on any atom is 0.123 e. The average molecular weight is 277 g/mol. The van der Waals surface area contributed by atoms with Crippen LogP contribution < -0.4 is 5.32 Å². The van der Waals surface area contributed by atoms with E-state index in [1.807, 2.05) is 12.1 Å². The van der Waals surface area contributed by atoms with Crippen molar-refractivity contribution in [3.8, 4) is 0 Å². The molecule has 0 radical (unpaired) electrons. The third-order valence-corrected chi connectivity index (χ3v) is 4.31. The summed E-state index contributed by atoms with van der Waals surface area (Å²) in [6, 6.07) is 7.10. The summed E-state index contributed by atoms with van der Waals surface area (Å²) in [5.41, 5.74) is 1.41. The number of halogens is 1. The Labute approximate surface area is 123 Å². The molecule has 0 aromatic heterocycles. The fraction of sp³-hybridized carbons (Fsp3) is 0.667. The van der Waals surface area contributed by atoms with Crippen molar-refractivity contribution >= 4 is 0 Å². The van der Waals surface area contributed by atoms with Crippen LogP contribution in [-0.2, 0) is 0 Å². The smallest absolute Gasteiger partial charge is 0.123 e. The van der Waals surface area contributed by atoms with Crippen LogP contribution >= 0.6 is 0 Å². The molecule has 1 aromatic carbocycles. The van der Waals surface area contributed by atoms with E-state index in [2.05, 4.69) is 26.1 Å². The third kappa shape index (κ3) is 4.90. The molecule has 1 nitrogen and oxygen atoms in total. The van der Waals surface area contributed by atoms with Gasteiger partial charge in [0.15, 0.2) is 0 Å². The summed E-state index contributed by atoms with van der Waals surface area (Å²) in [4.78, 5) is 0. The van der Waals surface area contributed by atoms with E-state index in [0.29, 0.717) is 5.92 Å². The Balaban J connectivity index is 2.03. The molecule has 2 heteroatoms. The highest BCUT2D eigenvalue weighted by Crippen LogP contribution is 2.34. The van der Waals surface area contributed by atoms with Gasteiger partial charge in [-0.1, -0.05) is 37.8 Å². The summed E-state index contributed by atoms with van der Waals surface area (Å²) < 4.78 is 13.1. The second-order valence-corrected chi connectivity index (χ2v) is 7.27. The lowest BCUT2D eigenvalue weighted by Gasteiger charge is -2.27. The van der Waals surface area contributed by atoms with Gasteiger partial charge in [0.1, 0.15) is 5.82 Å². The molecule has 2 rings (SSSR count). The minimum absolute atomic E-state index is 0.133. The highest BCUT2D eigenvalue weighted by Gasteiger charge is 2.22. The maximum absolute atomic E-state index is 13.1.